The first-order valence-electron chi connectivity index (χ1n) is 6.13. The molecule has 106 valence electrons. The standard InChI is InChI=1S/C15H14Br2ClNO/c1-9(11-2-4-12(18)5-3-11)19-8-10-6-13(16)15(20)14(17)7-10/h2-7,9,19-20H,8H2,1H3. The summed E-state index contributed by atoms with van der Waals surface area (Å²) >= 11 is 12.6. The lowest BCUT2D eigenvalue weighted by molar-refractivity contribution is 0.467. The van der Waals surface area contributed by atoms with Gasteiger partial charge in [-0.1, -0.05) is 23.7 Å². The Kier molecular flexibility index (Phi) is 5.49. The molecule has 2 nitrogen and oxygen atoms in total. The Bertz CT molecular complexity index is 578. The molecule has 0 aliphatic carbocycles. The van der Waals surface area contributed by atoms with E-state index < -0.39 is 0 Å². The first-order valence-corrected chi connectivity index (χ1v) is 8.09. The van der Waals surface area contributed by atoms with Crippen molar-refractivity contribution in [2.24, 2.45) is 0 Å². The fraction of sp³-hybridized carbons (Fsp3) is 0.200. The van der Waals surface area contributed by atoms with Gasteiger partial charge in [0.05, 0.1) is 8.95 Å². The fourth-order valence-electron chi connectivity index (χ4n) is 1.86. The monoisotopic (exact) mass is 417 g/mol. The van der Waals surface area contributed by atoms with E-state index in [1.807, 2.05) is 36.4 Å². The van der Waals surface area contributed by atoms with Crippen LogP contribution in [0.15, 0.2) is 45.3 Å². The van der Waals surface area contributed by atoms with Crippen LogP contribution in [0.2, 0.25) is 5.02 Å². The summed E-state index contributed by atoms with van der Waals surface area (Å²) in [7, 11) is 0. The van der Waals surface area contributed by atoms with Gasteiger partial charge in [-0.2, -0.15) is 0 Å². The lowest BCUT2D eigenvalue weighted by Crippen LogP contribution is -2.18. The van der Waals surface area contributed by atoms with Gasteiger partial charge < -0.3 is 10.4 Å². The average Bonchev–Trinajstić information content (AvgIpc) is 2.42. The summed E-state index contributed by atoms with van der Waals surface area (Å²) in [6, 6.07) is 11.8. The van der Waals surface area contributed by atoms with Crippen LogP contribution in [0.3, 0.4) is 0 Å². The zero-order valence-electron chi connectivity index (χ0n) is 10.8. The van der Waals surface area contributed by atoms with Crippen LogP contribution in [0, 0.1) is 0 Å². The number of phenols is 1. The predicted octanol–water partition coefficient (Wildman–Crippen LogP) is 5.42. The molecule has 0 saturated carbocycles. The van der Waals surface area contributed by atoms with Crippen molar-refractivity contribution >= 4 is 43.5 Å². The molecule has 0 saturated heterocycles. The number of rotatable bonds is 4. The van der Waals surface area contributed by atoms with Gasteiger partial charge >= 0.3 is 0 Å². The van der Waals surface area contributed by atoms with Crippen LogP contribution in [-0.2, 0) is 6.54 Å². The van der Waals surface area contributed by atoms with Gasteiger partial charge in [0.25, 0.3) is 0 Å². The number of aromatic hydroxyl groups is 1. The SMILES string of the molecule is CC(NCc1cc(Br)c(O)c(Br)c1)c1ccc(Cl)cc1. The number of benzene rings is 2. The highest BCUT2D eigenvalue weighted by atomic mass is 79.9. The van der Waals surface area contributed by atoms with Gasteiger partial charge in [0, 0.05) is 17.6 Å². The molecular formula is C15H14Br2ClNO. The molecule has 0 aromatic heterocycles. The maximum atomic E-state index is 9.69. The van der Waals surface area contributed by atoms with Crippen molar-refractivity contribution in [3.63, 3.8) is 0 Å². The first kappa shape index (κ1) is 15.8. The van der Waals surface area contributed by atoms with E-state index in [0.29, 0.717) is 15.5 Å². The second-order valence-corrected chi connectivity index (χ2v) is 6.71. The third-order valence-electron chi connectivity index (χ3n) is 3.06. The molecule has 20 heavy (non-hydrogen) atoms. The van der Waals surface area contributed by atoms with Gasteiger partial charge in [0.15, 0.2) is 0 Å². The average molecular weight is 420 g/mol. The zero-order valence-corrected chi connectivity index (χ0v) is 14.8. The van der Waals surface area contributed by atoms with E-state index in [2.05, 4.69) is 44.1 Å². The molecule has 1 unspecified atom stereocenters. The lowest BCUT2D eigenvalue weighted by Gasteiger charge is -2.15. The normalized spacial score (nSPS) is 12.4. The van der Waals surface area contributed by atoms with Crippen molar-refractivity contribution in [3.8, 4) is 5.75 Å². The summed E-state index contributed by atoms with van der Waals surface area (Å²) in [6.45, 7) is 2.81. The van der Waals surface area contributed by atoms with Crippen LogP contribution in [0.25, 0.3) is 0 Å². The van der Waals surface area contributed by atoms with E-state index >= 15 is 0 Å². The smallest absolute Gasteiger partial charge is 0.143 e. The molecule has 5 heteroatoms. The molecule has 0 bridgehead atoms. The van der Waals surface area contributed by atoms with Gasteiger partial charge in [-0.25, -0.2) is 0 Å². The highest BCUT2D eigenvalue weighted by Gasteiger charge is 2.08. The van der Waals surface area contributed by atoms with Crippen molar-refractivity contribution in [2.75, 3.05) is 0 Å². The Morgan fingerprint density at radius 2 is 1.70 bits per heavy atom. The van der Waals surface area contributed by atoms with E-state index in [9.17, 15) is 5.11 Å². The zero-order chi connectivity index (χ0) is 14.7. The van der Waals surface area contributed by atoms with Crippen molar-refractivity contribution < 1.29 is 5.11 Å². The van der Waals surface area contributed by atoms with E-state index in [-0.39, 0.29) is 11.8 Å². The molecular weight excluding hydrogens is 405 g/mol. The van der Waals surface area contributed by atoms with Gasteiger partial charge in [0.1, 0.15) is 5.75 Å². The Labute approximate surface area is 140 Å². The Morgan fingerprint density at radius 1 is 1.15 bits per heavy atom. The Hall–Kier alpha value is -0.550. The molecule has 0 heterocycles. The molecule has 0 radical (unpaired) electrons. The van der Waals surface area contributed by atoms with Gasteiger partial charge in [-0.3, -0.25) is 0 Å². The third kappa shape index (κ3) is 3.98. The molecule has 2 aromatic rings. The Morgan fingerprint density at radius 3 is 2.25 bits per heavy atom. The summed E-state index contributed by atoms with van der Waals surface area (Å²) in [5.74, 6) is 0.222. The third-order valence-corrected chi connectivity index (χ3v) is 4.52. The second-order valence-electron chi connectivity index (χ2n) is 4.56. The molecule has 0 aliphatic heterocycles. The van der Waals surface area contributed by atoms with E-state index in [4.69, 9.17) is 11.6 Å². The number of hydrogen-bond donors (Lipinski definition) is 2. The molecule has 2 rings (SSSR count). The molecule has 2 N–H and O–H groups in total. The first-order chi connectivity index (χ1) is 9.47. The van der Waals surface area contributed by atoms with Gasteiger partial charge in [-0.15, -0.1) is 0 Å². The molecule has 0 aliphatic rings. The summed E-state index contributed by atoms with van der Waals surface area (Å²) in [4.78, 5) is 0. The molecule has 0 spiro atoms. The minimum Gasteiger partial charge on any atom is -0.506 e. The van der Waals surface area contributed by atoms with E-state index in [1.165, 1.54) is 5.56 Å². The number of halogens is 3. The van der Waals surface area contributed by atoms with Crippen LogP contribution < -0.4 is 5.32 Å². The predicted molar refractivity (Wildman–Crippen MR) is 90.2 cm³/mol. The second kappa shape index (κ2) is 6.94. The van der Waals surface area contributed by atoms with Crippen molar-refractivity contribution in [1.29, 1.82) is 0 Å². The van der Waals surface area contributed by atoms with E-state index in [0.717, 1.165) is 10.6 Å². The maximum Gasteiger partial charge on any atom is 0.143 e. The van der Waals surface area contributed by atoms with E-state index in [1.54, 1.807) is 0 Å². The van der Waals surface area contributed by atoms with Crippen LogP contribution in [0.1, 0.15) is 24.1 Å². The Balaban J connectivity index is 2.03. The van der Waals surface area contributed by atoms with Gasteiger partial charge in [0.2, 0.25) is 0 Å². The maximum absolute atomic E-state index is 9.69. The number of nitrogens with one attached hydrogen (secondary N) is 1. The number of hydrogen-bond acceptors (Lipinski definition) is 2. The summed E-state index contributed by atoms with van der Waals surface area (Å²) < 4.78 is 1.37. The van der Waals surface area contributed by atoms with Crippen molar-refractivity contribution in [2.45, 2.75) is 19.5 Å². The summed E-state index contributed by atoms with van der Waals surface area (Å²) in [5.41, 5.74) is 2.27. The highest BCUT2D eigenvalue weighted by Crippen LogP contribution is 2.33. The minimum atomic E-state index is 0.221. The molecule has 1 atom stereocenters. The topological polar surface area (TPSA) is 32.3 Å². The van der Waals surface area contributed by atoms with Crippen LogP contribution >= 0.6 is 43.5 Å². The van der Waals surface area contributed by atoms with Crippen LogP contribution in [0.4, 0.5) is 0 Å². The summed E-state index contributed by atoms with van der Waals surface area (Å²) in [5, 5.41) is 13.9. The van der Waals surface area contributed by atoms with Crippen molar-refractivity contribution in [1.82, 2.24) is 5.32 Å². The molecule has 0 amide bonds. The largest absolute Gasteiger partial charge is 0.506 e. The quantitative estimate of drug-likeness (QED) is 0.693. The fourth-order valence-corrected chi connectivity index (χ4v) is 3.27. The van der Waals surface area contributed by atoms with Crippen LogP contribution in [-0.4, -0.2) is 5.11 Å². The summed E-state index contributed by atoms with van der Waals surface area (Å²) in [6.07, 6.45) is 0. The lowest BCUT2D eigenvalue weighted by atomic mass is 10.1. The molecule has 0 fully saturated rings. The van der Waals surface area contributed by atoms with Gasteiger partial charge in [-0.05, 0) is 74.2 Å². The minimum absolute atomic E-state index is 0.221. The van der Waals surface area contributed by atoms with Crippen molar-refractivity contribution in [3.05, 3.63) is 61.5 Å². The van der Waals surface area contributed by atoms with Crippen LogP contribution in [0.5, 0.6) is 5.75 Å². The molecule has 2 aromatic carbocycles. The number of phenolic OH excluding ortho intramolecular Hbond substituents is 1. The highest BCUT2D eigenvalue weighted by molar-refractivity contribution is 9.11.